The van der Waals surface area contributed by atoms with Crippen LogP contribution in [-0.2, 0) is 16.2 Å². The third-order valence-electron chi connectivity index (χ3n) is 14.6. The molecule has 0 radical (unpaired) electrons. The van der Waals surface area contributed by atoms with Gasteiger partial charge in [0.1, 0.15) is 0 Å². The molecule has 2 heteroatoms. The first-order valence-electron chi connectivity index (χ1n) is 21.6. The molecule has 0 saturated carbocycles. The molecule has 1 unspecified atom stereocenters. The van der Waals surface area contributed by atoms with E-state index in [1.54, 1.807) is 0 Å². The summed E-state index contributed by atoms with van der Waals surface area (Å²) in [6.07, 6.45) is 29.3. The molecule has 4 aliphatic carbocycles. The Morgan fingerprint density at radius 3 is 1.79 bits per heavy atom. The van der Waals surface area contributed by atoms with Crippen LogP contribution < -0.4 is 9.80 Å². The molecule has 4 aromatic rings. The predicted octanol–water partition coefficient (Wildman–Crippen LogP) is 14.6. The van der Waals surface area contributed by atoms with Crippen LogP contribution in [0.3, 0.4) is 0 Å². The van der Waals surface area contributed by atoms with Crippen LogP contribution in [0.5, 0.6) is 0 Å². The van der Waals surface area contributed by atoms with Crippen molar-refractivity contribution >= 4 is 28.3 Å². The number of nitrogens with zero attached hydrogens (tertiary/aromatic N) is 2. The molecule has 4 aromatic carbocycles. The van der Waals surface area contributed by atoms with Crippen molar-refractivity contribution in [2.24, 2.45) is 0 Å². The van der Waals surface area contributed by atoms with Gasteiger partial charge in [-0.3, -0.25) is 0 Å². The Bertz CT molecular complexity index is 2630. The maximum atomic E-state index is 2.73. The van der Waals surface area contributed by atoms with Gasteiger partial charge in [0.2, 0.25) is 0 Å². The lowest BCUT2D eigenvalue weighted by molar-refractivity contribution is 0.564. The summed E-state index contributed by atoms with van der Waals surface area (Å²) in [4.78, 5) is 5.27. The van der Waals surface area contributed by atoms with Gasteiger partial charge in [-0.2, -0.15) is 0 Å². The lowest BCUT2D eigenvalue weighted by atomic mass is 9.60. The molecule has 0 saturated heterocycles. The van der Waals surface area contributed by atoms with Gasteiger partial charge in [0, 0.05) is 39.2 Å². The minimum absolute atomic E-state index is 0.137. The van der Waals surface area contributed by atoms with E-state index in [2.05, 4.69) is 179 Å². The molecule has 1 atom stereocenters. The highest BCUT2D eigenvalue weighted by Crippen LogP contribution is 2.67. The second kappa shape index (κ2) is 12.3. The van der Waals surface area contributed by atoms with Crippen LogP contribution >= 0.6 is 0 Å². The predicted molar refractivity (Wildman–Crippen MR) is 240 cm³/mol. The van der Waals surface area contributed by atoms with Gasteiger partial charge < -0.3 is 9.80 Å². The van der Waals surface area contributed by atoms with Gasteiger partial charge in [-0.25, -0.2) is 0 Å². The van der Waals surface area contributed by atoms with Crippen molar-refractivity contribution < 1.29 is 0 Å². The van der Waals surface area contributed by atoms with Crippen molar-refractivity contribution in [1.29, 1.82) is 0 Å². The molecule has 3 aliphatic heterocycles. The van der Waals surface area contributed by atoms with Crippen LogP contribution in [0.1, 0.15) is 137 Å². The summed E-state index contributed by atoms with van der Waals surface area (Å²) in [5.41, 5.74) is 23.5. The summed E-state index contributed by atoms with van der Waals surface area (Å²) in [6.45, 7) is 14.9. The minimum Gasteiger partial charge on any atom is -0.311 e. The molecule has 0 fully saturated rings. The molecule has 0 N–H and O–H groups in total. The van der Waals surface area contributed by atoms with E-state index in [9.17, 15) is 0 Å². The molecule has 284 valence electrons. The normalized spacial score (nSPS) is 22.3. The van der Waals surface area contributed by atoms with E-state index in [0.717, 1.165) is 44.9 Å². The summed E-state index contributed by atoms with van der Waals surface area (Å²) < 4.78 is 0. The summed E-state index contributed by atoms with van der Waals surface area (Å²) in [5, 5.41) is 0. The van der Waals surface area contributed by atoms with Crippen LogP contribution in [0, 0.1) is 0 Å². The zero-order chi connectivity index (χ0) is 38.8. The van der Waals surface area contributed by atoms with Gasteiger partial charge in [0.05, 0.1) is 17.1 Å². The van der Waals surface area contributed by atoms with E-state index in [1.165, 1.54) is 95.4 Å². The molecule has 3 heterocycles. The highest BCUT2D eigenvalue weighted by Gasteiger charge is 2.52. The van der Waals surface area contributed by atoms with Crippen molar-refractivity contribution in [1.82, 2.24) is 0 Å². The molecule has 0 spiro atoms. The number of benzene rings is 4. The van der Waals surface area contributed by atoms with Gasteiger partial charge in [-0.1, -0.05) is 139 Å². The smallest absolute Gasteiger partial charge is 0.0544 e. The van der Waals surface area contributed by atoms with E-state index >= 15 is 0 Å². The van der Waals surface area contributed by atoms with Crippen LogP contribution in [-0.4, -0.2) is 0 Å². The maximum Gasteiger partial charge on any atom is 0.0544 e. The zero-order valence-corrected chi connectivity index (χ0v) is 34.5. The van der Waals surface area contributed by atoms with E-state index in [-0.39, 0.29) is 22.2 Å². The molecular weight excluding hydrogens is 689 g/mol. The van der Waals surface area contributed by atoms with E-state index in [4.69, 9.17) is 0 Å². The third kappa shape index (κ3) is 4.89. The Hall–Kier alpha value is -5.34. The van der Waals surface area contributed by atoms with Crippen molar-refractivity contribution in [2.45, 2.75) is 109 Å². The number of rotatable bonds is 5. The second-order valence-electron chi connectivity index (χ2n) is 19.0. The first kappa shape index (κ1) is 34.9. The van der Waals surface area contributed by atoms with Gasteiger partial charge in [0.15, 0.2) is 0 Å². The molecule has 0 aromatic heterocycles. The van der Waals surface area contributed by atoms with E-state index in [0.29, 0.717) is 0 Å². The molecule has 0 bridgehead atoms. The third-order valence-corrected chi connectivity index (χ3v) is 14.6. The van der Waals surface area contributed by atoms with Crippen LogP contribution in [0.15, 0.2) is 150 Å². The first-order chi connectivity index (χ1) is 27.6. The first-order valence-corrected chi connectivity index (χ1v) is 21.6. The van der Waals surface area contributed by atoms with E-state index < -0.39 is 0 Å². The second-order valence-corrected chi connectivity index (χ2v) is 19.0. The SMILES string of the molecule is CC1(C)c2cccc3c2N2c4c1cc(C1=CCCC=C1)cc4C(C)(C)c1cc(C4CC=C(N(C5=CCCC=C5)c5ccccc5)C5=C4C=CCC5)cc(c12)C3(C)C. The zero-order valence-electron chi connectivity index (χ0n) is 34.5. The standard InChI is InChI=1S/C55H54N2/c1-53(2)43-27-18-28-44-50(43)57-51-45(53)31-36(35-19-10-7-11-20-35)32-46(51)55(5,6)48-34-37(33-47(52(48)57)54(44,3)4)40-29-30-49(42-26-17-16-25-41(40)42)56(38-21-12-8-13-22-38)39-23-14-9-15-24-39/h8,10,12-14,16,18-25,27-28,30-34,40H,7,9,11,15,17,26,29H2,1-6H3. The van der Waals surface area contributed by atoms with Crippen LogP contribution in [0.2, 0.25) is 0 Å². The Morgan fingerprint density at radius 1 is 0.561 bits per heavy atom. The topological polar surface area (TPSA) is 6.48 Å². The molecule has 57 heavy (non-hydrogen) atoms. The van der Waals surface area contributed by atoms with Crippen molar-refractivity contribution in [2.75, 3.05) is 9.80 Å². The highest BCUT2D eigenvalue weighted by atomic mass is 15.2. The fourth-order valence-electron chi connectivity index (χ4n) is 11.5. The Balaban J connectivity index is 1.12. The number of allylic oxidation sites excluding steroid dienone is 12. The van der Waals surface area contributed by atoms with Gasteiger partial charge >= 0.3 is 0 Å². The number of hydrogen-bond acceptors (Lipinski definition) is 2. The fourth-order valence-corrected chi connectivity index (χ4v) is 11.5. The van der Waals surface area contributed by atoms with Crippen molar-refractivity contribution in [3.05, 3.63) is 195 Å². The number of para-hydroxylation sites is 2. The summed E-state index contributed by atoms with van der Waals surface area (Å²) in [7, 11) is 0. The Kier molecular flexibility index (Phi) is 7.54. The van der Waals surface area contributed by atoms with Crippen molar-refractivity contribution in [3.63, 3.8) is 0 Å². The summed E-state index contributed by atoms with van der Waals surface area (Å²) in [5.74, 6) is 0.288. The van der Waals surface area contributed by atoms with E-state index in [1.807, 2.05) is 0 Å². The van der Waals surface area contributed by atoms with Crippen molar-refractivity contribution in [3.8, 4) is 0 Å². The summed E-state index contributed by atoms with van der Waals surface area (Å²) in [6, 6.07) is 28.6. The molecule has 11 rings (SSSR count). The average Bonchev–Trinajstić information content (AvgIpc) is 3.24. The van der Waals surface area contributed by atoms with Gasteiger partial charge in [-0.05, 0) is 137 Å². The largest absolute Gasteiger partial charge is 0.311 e. The molecule has 0 amide bonds. The maximum absolute atomic E-state index is 2.73. The molecule has 2 nitrogen and oxygen atoms in total. The number of hydrogen-bond donors (Lipinski definition) is 0. The average molecular weight is 743 g/mol. The number of anilines is 4. The fraction of sp³-hybridized carbons (Fsp3) is 0.309. The Morgan fingerprint density at radius 2 is 1.16 bits per heavy atom. The Labute approximate surface area is 340 Å². The van der Waals surface area contributed by atoms with Crippen LogP contribution in [0.4, 0.5) is 22.7 Å². The lowest BCUT2D eigenvalue weighted by Gasteiger charge is -2.55. The quantitative estimate of drug-likeness (QED) is 0.201. The highest BCUT2D eigenvalue weighted by molar-refractivity contribution is 5.99. The lowest BCUT2D eigenvalue weighted by Crippen LogP contribution is -2.44. The van der Waals surface area contributed by atoms with Gasteiger partial charge in [-0.15, -0.1) is 0 Å². The minimum atomic E-state index is -0.204. The van der Waals surface area contributed by atoms with Gasteiger partial charge in [0.25, 0.3) is 0 Å². The van der Waals surface area contributed by atoms with Crippen LogP contribution in [0.25, 0.3) is 5.57 Å². The molecule has 7 aliphatic rings. The molecular formula is C55H54N2. The summed E-state index contributed by atoms with van der Waals surface area (Å²) >= 11 is 0. The monoisotopic (exact) mass is 742 g/mol.